The van der Waals surface area contributed by atoms with Crippen molar-refractivity contribution in [1.82, 2.24) is 10.6 Å². The van der Waals surface area contributed by atoms with E-state index in [1.165, 1.54) is 0 Å². The van der Waals surface area contributed by atoms with Crippen molar-refractivity contribution >= 4 is 23.8 Å². The fraction of sp³-hybridized carbons (Fsp3) is 0.304. The Kier molecular flexibility index (Phi) is 9.74. The zero-order valence-electron chi connectivity index (χ0n) is 17.3. The average molecular weight is 426 g/mol. The normalized spacial score (nSPS) is 11.1. The molecule has 0 aliphatic carbocycles. The highest BCUT2D eigenvalue weighted by molar-refractivity contribution is 5.98. The topological polar surface area (TPSA) is 111 Å². The van der Waals surface area contributed by atoms with Crippen LogP contribution in [0.4, 0.5) is 4.79 Å². The maximum atomic E-state index is 12.6. The van der Waals surface area contributed by atoms with Crippen molar-refractivity contribution in [3.05, 3.63) is 71.8 Å². The number of nitrogens with one attached hydrogen (secondary N) is 2. The molecule has 0 saturated carbocycles. The maximum absolute atomic E-state index is 12.6. The molecule has 0 aliphatic heterocycles. The number of hydrogen-bond acceptors (Lipinski definition) is 6. The lowest BCUT2D eigenvalue weighted by molar-refractivity contribution is -0.145. The van der Waals surface area contributed by atoms with Gasteiger partial charge in [0.05, 0.1) is 13.2 Å². The minimum atomic E-state index is -0.957. The van der Waals surface area contributed by atoms with Crippen LogP contribution < -0.4 is 10.6 Å². The number of carbonyl (C=O) groups excluding carboxylic acids is 4. The largest absolute Gasteiger partial charge is 0.466 e. The molecule has 8 nitrogen and oxygen atoms in total. The predicted octanol–water partition coefficient (Wildman–Crippen LogP) is 2.16. The molecule has 2 aromatic rings. The Morgan fingerprint density at radius 2 is 1.48 bits per heavy atom. The van der Waals surface area contributed by atoms with Crippen molar-refractivity contribution in [3.63, 3.8) is 0 Å². The zero-order chi connectivity index (χ0) is 22.5. The Labute approximate surface area is 180 Å². The van der Waals surface area contributed by atoms with E-state index in [0.29, 0.717) is 0 Å². The second-order valence-electron chi connectivity index (χ2n) is 6.69. The summed E-state index contributed by atoms with van der Waals surface area (Å²) in [6, 6.07) is 17.3. The first-order chi connectivity index (χ1) is 15.0. The van der Waals surface area contributed by atoms with Crippen LogP contribution in [-0.4, -0.2) is 42.9 Å². The molecule has 0 aliphatic rings. The Hall–Kier alpha value is -3.68. The molecule has 2 aromatic carbocycles. The molecule has 0 aromatic heterocycles. The minimum Gasteiger partial charge on any atom is -0.466 e. The van der Waals surface area contributed by atoms with Crippen LogP contribution in [0, 0.1) is 0 Å². The third-order valence-corrected chi connectivity index (χ3v) is 4.21. The molecule has 1 atom stereocenters. The highest BCUT2D eigenvalue weighted by Gasteiger charge is 2.23. The molecule has 0 bridgehead atoms. The van der Waals surface area contributed by atoms with E-state index < -0.39 is 36.2 Å². The molecule has 8 heteroatoms. The van der Waals surface area contributed by atoms with Crippen molar-refractivity contribution in [2.75, 3.05) is 13.2 Å². The van der Waals surface area contributed by atoms with Crippen molar-refractivity contribution in [2.24, 2.45) is 0 Å². The second-order valence-corrected chi connectivity index (χ2v) is 6.69. The smallest absolute Gasteiger partial charge is 0.408 e. The number of amides is 2. The lowest BCUT2D eigenvalue weighted by atomic mass is 10.1. The second kappa shape index (κ2) is 12.8. The minimum absolute atomic E-state index is 0.0599. The predicted molar refractivity (Wildman–Crippen MR) is 113 cm³/mol. The van der Waals surface area contributed by atoms with Crippen LogP contribution >= 0.6 is 0 Å². The number of rotatable bonds is 11. The van der Waals surface area contributed by atoms with Gasteiger partial charge in [-0.2, -0.15) is 0 Å². The lowest BCUT2D eigenvalue weighted by Crippen LogP contribution is -2.49. The highest BCUT2D eigenvalue weighted by Crippen LogP contribution is 2.05. The van der Waals surface area contributed by atoms with E-state index in [1.807, 2.05) is 60.7 Å². The zero-order valence-corrected chi connectivity index (χ0v) is 17.3. The van der Waals surface area contributed by atoms with Gasteiger partial charge in [0.2, 0.25) is 5.91 Å². The van der Waals surface area contributed by atoms with Crippen molar-refractivity contribution < 1.29 is 28.7 Å². The molecule has 2 rings (SSSR count). The van der Waals surface area contributed by atoms with Gasteiger partial charge >= 0.3 is 12.1 Å². The Balaban J connectivity index is 1.93. The van der Waals surface area contributed by atoms with Gasteiger partial charge in [-0.05, 0) is 18.1 Å². The Morgan fingerprint density at radius 1 is 0.871 bits per heavy atom. The average Bonchev–Trinajstić information content (AvgIpc) is 2.77. The van der Waals surface area contributed by atoms with Crippen LogP contribution in [-0.2, 0) is 36.9 Å². The van der Waals surface area contributed by atoms with Gasteiger partial charge in [0.15, 0.2) is 5.78 Å². The molecule has 0 spiro atoms. The van der Waals surface area contributed by atoms with E-state index in [4.69, 9.17) is 9.47 Å². The molecule has 0 heterocycles. The van der Waals surface area contributed by atoms with E-state index in [0.717, 1.165) is 11.1 Å². The fourth-order valence-electron chi connectivity index (χ4n) is 2.71. The summed E-state index contributed by atoms with van der Waals surface area (Å²) in [4.78, 5) is 48.1. The highest BCUT2D eigenvalue weighted by atomic mass is 16.5. The molecule has 2 N–H and O–H groups in total. The first kappa shape index (κ1) is 23.6. The third kappa shape index (κ3) is 9.12. The van der Waals surface area contributed by atoms with E-state index in [2.05, 4.69) is 10.6 Å². The summed E-state index contributed by atoms with van der Waals surface area (Å²) in [5.74, 6) is -1.69. The maximum Gasteiger partial charge on any atom is 0.408 e. The number of carbonyl (C=O) groups is 4. The van der Waals surface area contributed by atoms with Gasteiger partial charge in [0.25, 0.3) is 0 Å². The molecule has 0 saturated heterocycles. The first-order valence-corrected chi connectivity index (χ1v) is 9.94. The standard InChI is InChI=1S/C23H26N2O6/c1-2-30-21(27)14-19(26)15-24-22(28)20(13-17-9-5-3-6-10-17)25-23(29)31-16-18-11-7-4-8-12-18/h3-12,20H,2,13-16H2,1H3,(H,24,28)(H,25,29)/t20-/m0/s1. The van der Waals surface area contributed by atoms with Gasteiger partial charge in [-0.15, -0.1) is 0 Å². The Bertz CT molecular complexity index is 870. The fourth-order valence-corrected chi connectivity index (χ4v) is 2.71. The summed E-state index contributed by atoms with van der Waals surface area (Å²) < 4.78 is 9.91. The summed E-state index contributed by atoms with van der Waals surface area (Å²) in [6.07, 6.45) is -0.971. The SMILES string of the molecule is CCOC(=O)CC(=O)CNC(=O)[C@H](Cc1ccccc1)NC(=O)OCc1ccccc1. The van der Waals surface area contributed by atoms with Crippen LogP contribution in [0.1, 0.15) is 24.5 Å². The molecular weight excluding hydrogens is 400 g/mol. The van der Waals surface area contributed by atoms with Crippen molar-refractivity contribution in [2.45, 2.75) is 32.4 Å². The van der Waals surface area contributed by atoms with Crippen LogP contribution in [0.15, 0.2) is 60.7 Å². The summed E-state index contributed by atoms with van der Waals surface area (Å²) in [6.45, 7) is 1.53. The molecule has 31 heavy (non-hydrogen) atoms. The molecular formula is C23H26N2O6. The first-order valence-electron chi connectivity index (χ1n) is 9.94. The number of benzene rings is 2. The summed E-state index contributed by atoms with van der Waals surface area (Å²) in [5, 5.41) is 5.01. The molecule has 0 fully saturated rings. The summed E-state index contributed by atoms with van der Waals surface area (Å²) in [7, 11) is 0. The van der Waals surface area contributed by atoms with Crippen LogP contribution in [0.2, 0.25) is 0 Å². The van der Waals surface area contributed by atoms with Gasteiger partial charge < -0.3 is 20.1 Å². The van der Waals surface area contributed by atoms with Gasteiger partial charge in [0, 0.05) is 6.42 Å². The summed E-state index contributed by atoms with van der Waals surface area (Å²) in [5.41, 5.74) is 1.63. The van der Waals surface area contributed by atoms with Gasteiger partial charge in [0.1, 0.15) is 19.1 Å². The third-order valence-electron chi connectivity index (χ3n) is 4.21. The van der Waals surface area contributed by atoms with Gasteiger partial charge in [-0.3, -0.25) is 14.4 Å². The van der Waals surface area contributed by atoms with Gasteiger partial charge in [-0.1, -0.05) is 60.7 Å². The van der Waals surface area contributed by atoms with Crippen molar-refractivity contribution in [3.8, 4) is 0 Å². The monoisotopic (exact) mass is 426 g/mol. The van der Waals surface area contributed by atoms with E-state index in [1.54, 1.807) is 6.92 Å². The van der Waals surface area contributed by atoms with Crippen molar-refractivity contribution in [1.29, 1.82) is 0 Å². The van der Waals surface area contributed by atoms with Crippen LogP contribution in [0.25, 0.3) is 0 Å². The number of alkyl carbamates (subject to hydrolysis) is 1. The number of ketones is 1. The number of ether oxygens (including phenoxy) is 2. The number of esters is 1. The molecule has 164 valence electrons. The van der Waals surface area contributed by atoms with E-state index in [9.17, 15) is 19.2 Å². The van der Waals surface area contributed by atoms with Crippen LogP contribution in [0.3, 0.4) is 0 Å². The molecule has 2 amide bonds. The molecule has 0 radical (unpaired) electrons. The van der Waals surface area contributed by atoms with Crippen LogP contribution in [0.5, 0.6) is 0 Å². The molecule has 0 unspecified atom stereocenters. The number of hydrogen-bond donors (Lipinski definition) is 2. The Morgan fingerprint density at radius 3 is 2.10 bits per heavy atom. The quantitative estimate of drug-likeness (QED) is 0.421. The lowest BCUT2D eigenvalue weighted by Gasteiger charge is -2.18. The van der Waals surface area contributed by atoms with E-state index in [-0.39, 0.29) is 26.2 Å². The van der Waals surface area contributed by atoms with Gasteiger partial charge in [-0.25, -0.2) is 4.79 Å². The summed E-state index contributed by atoms with van der Waals surface area (Å²) >= 11 is 0. The van der Waals surface area contributed by atoms with E-state index >= 15 is 0 Å². The number of Topliss-reactive ketones (excluding diaryl/α,β-unsaturated/α-hetero) is 1.